The van der Waals surface area contributed by atoms with Crippen LogP contribution < -0.4 is 10.0 Å². The number of hydrogen-bond donors (Lipinski definition) is 3. The highest BCUT2D eigenvalue weighted by atomic mass is 35.5. The topological polar surface area (TPSA) is 99.8 Å². The second-order valence-electron chi connectivity index (χ2n) is 3.62. The SMILES string of the molecule is CCNc1ncc(S(=O)(=O)Nc2cn[nH]c2)cc1Cl. The van der Waals surface area contributed by atoms with E-state index in [1.165, 1.54) is 24.7 Å². The molecule has 0 unspecified atom stereocenters. The molecule has 0 saturated heterocycles. The van der Waals surface area contributed by atoms with E-state index in [1.54, 1.807) is 0 Å². The van der Waals surface area contributed by atoms with Crippen LogP contribution in [0.3, 0.4) is 0 Å². The molecule has 0 bridgehead atoms. The van der Waals surface area contributed by atoms with Crippen molar-refractivity contribution in [3.8, 4) is 0 Å². The van der Waals surface area contributed by atoms with Gasteiger partial charge in [0, 0.05) is 18.9 Å². The highest BCUT2D eigenvalue weighted by Crippen LogP contribution is 2.23. The van der Waals surface area contributed by atoms with E-state index in [-0.39, 0.29) is 9.92 Å². The molecule has 19 heavy (non-hydrogen) atoms. The van der Waals surface area contributed by atoms with Crippen LogP contribution in [0.4, 0.5) is 11.5 Å². The van der Waals surface area contributed by atoms with Crippen molar-refractivity contribution in [2.45, 2.75) is 11.8 Å². The molecule has 0 aromatic carbocycles. The van der Waals surface area contributed by atoms with E-state index in [0.29, 0.717) is 18.1 Å². The van der Waals surface area contributed by atoms with Crippen LogP contribution >= 0.6 is 11.6 Å². The van der Waals surface area contributed by atoms with E-state index < -0.39 is 10.0 Å². The van der Waals surface area contributed by atoms with Gasteiger partial charge in [0.15, 0.2) is 0 Å². The molecule has 2 heterocycles. The minimum absolute atomic E-state index is 0.0136. The number of nitrogens with zero attached hydrogens (tertiary/aromatic N) is 2. The highest BCUT2D eigenvalue weighted by molar-refractivity contribution is 7.92. The smallest absolute Gasteiger partial charge is 0.263 e. The predicted octanol–water partition coefficient (Wildman–Crippen LogP) is 1.69. The normalized spacial score (nSPS) is 11.3. The molecule has 2 aromatic heterocycles. The summed E-state index contributed by atoms with van der Waals surface area (Å²) in [5, 5.41) is 9.34. The monoisotopic (exact) mass is 301 g/mol. The maximum atomic E-state index is 12.0. The Kier molecular flexibility index (Phi) is 3.91. The van der Waals surface area contributed by atoms with Gasteiger partial charge in [0.1, 0.15) is 10.7 Å². The fraction of sp³-hybridized carbons (Fsp3) is 0.200. The van der Waals surface area contributed by atoms with Gasteiger partial charge in [0.05, 0.1) is 16.9 Å². The lowest BCUT2D eigenvalue weighted by Crippen LogP contribution is -2.13. The van der Waals surface area contributed by atoms with Crippen LogP contribution in [0, 0.1) is 0 Å². The summed E-state index contributed by atoms with van der Waals surface area (Å²) in [4.78, 5) is 3.96. The maximum Gasteiger partial charge on any atom is 0.263 e. The summed E-state index contributed by atoms with van der Waals surface area (Å²) in [6.45, 7) is 2.54. The van der Waals surface area contributed by atoms with Crippen molar-refractivity contribution >= 4 is 33.1 Å². The molecule has 7 nitrogen and oxygen atoms in total. The van der Waals surface area contributed by atoms with Gasteiger partial charge in [0.2, 0.25) is 0 Å². The van der Waals surface area contributed by atoms with Gasteiger partial charge >= 0.3 is 0 Å². The number of anilines is 2. The summed E-state index contributed by atoms with van der Waals surface area (Å²) in [5.41, 5.74) is 0.340. The summed E-state index contributed by atoms with van der Waals surface area (Å²) >= 11 is 5.96. The maximum absolute atomic E-state index is 12.0. The third-order valence-electron chi connectivity index (χ3n) is 2.22. The summed E-state index contributed by atoms with van der Waals surface area (Å²) in [7, 11) is -3.72. The van der Waals surface area contributed by atoms with E-state index in [4.69, 9.17) is 11.6 Å². The number of halogens is 1. The molecule has 0 aliphatic carbocycles. The molecule has 3 N–H and O–H groups in total. The van der Waals surface area contributed by atoms with Crippen LogP contribution in [0.15, 0.2) is 29.6 Å². The first-order valence-electron chi connectivity index (χ1n) is 5.44. The molecule has 0 aliphatic rings. The van der Waals surface area contributed by atoms with Crippen LogP contribution in [-0.4, -0.2) is 30.1 Å². The van der Waals surface area contributed by atoms with E-state index in [9.17, 15) is 8.42 Å². The van der Waals surface area contributed by atoms with Gasteiger partial charge in [-0.2, -0.15) is 5.10 Å². The number of rotatable bonds is 5. The fourth-order valence-electron chi connectivity index (χ4n) is 1.39. The average Bonchev–Trinajstić information content (AvgIpc) is 2.84. The first-order valence-corrected chi connectivity index (χ1v) is 7.30. The Morgan fingerprint density at radius 2 is 2.21 bits per heavy atom. The van der Waals surface area contributed by atoms with Gasteiger partial charge in [-0.1, -0.05) is 11.6 Å². The van der Waals surface area contributed by atoms with Crippen molar-refractivity contribution in [2.24, 2.45) is 0 Å². The predicted molar refractivity (Wildman–Crippen MR) is 72.8 cm³/mol. The van der Waals surface area contributed by atoms with Crippen LogP contribution in [0.5, 0.6) is 0 Å². The Labute approximate surface area is 115 Å². The van der Waals surface area contributed by atoms with E-state index in [2.05, 4.69) is 25.2 Å². The van der Waals surface area contributed by atoms with Crippen LogP contribution in [-0.2, 0) is 10.0 Å². The number of nitrogens with one attached hydrogen (secondary N) is 3. The molecule has 0 atom stereocenters. The number of hydrogen-bond acceptors (Lipinski definition) is 5. The van der Waals surface area contributed by atoms with E-state index in [0.717, 1.165) is 0 Å². The van der Waals surface area contributed by atoms with Crippen molar-refractivity contribution in [3.63, 3.8) is 0 Å². The molecule has 0 aliphatic heterocycles. The molecule has 9 heteroatoms. The van der Waals surface area contributed by atoms with Gasteiger partial charge in [0.25, 0.3) is 10.0 Å². The standard InChI is InChI=1S/C10H12ClN5O2S/c1-2-12-10-9(11)3-8(6-13-10)19(17,18)16-7-4-14-15-5-7/h3-6,16H,2H2,1H3,(H,12,13)(H,14,15). The molecular formula is C10H12ClN5O2S. The second-order valence-corrected chi connectivity index (χ2v) is 5.71. The first kappa shape index (κ1) is 13.6. The van der Waals surface area contributed by atoms with Crippen molar-refractivity contribution in [2.75, 3.05) is 16.6 Å². The molecule has 0 radical (unpaired) electrons. The second kappa shape index (κ2) is 5.45. The summed E-state index contributed by atoms with van der Waals surface area (Å²) in [5.74, 6) is 0.450. The highest BCUT2D eigenvalue weighted by Gasteiger charge is 2.17. The Morgan fingerprint density at radius 1 is 1.42 bits per heavy atom. The molecule has 0 fully saturated rings. The van der Waals surface area contributed by atoms with Crippen LogP contribution in [0.25, 0.3) is 0 Å². The largest absolute Gasteiger partial charge is 0.369 e. The lowest BCUT2D eigenvalue weighted by Gasteiger charge is -2.08. The number of aromatic amines is 1. The molecule has 0 spiro atoms. The quantitative estimate of drug-likeness (QED) is 0.780. The van der Waals surface area contributed by atoms with Gasteiger partial charge in [-0.05, 0) is 13.0 Å². The fourth-order valence-corrected chi connectivity index (χ4v) is 2.69. The lowest BCUT2D eigenvalue weighted by molar-refractivity contribution is 0.601. The first-order chi connectivity index (χ1) is 9.03. The number of pyridine rings is 1. The van der Waals surface area contributed by atoms with Crippen molar-refractivity contribution in [3.05, 3.63) is 29.7 Å². The van der Waals surface area contributed by atoms with Gasteiger partial charge in [-0.3, -0.25) is 9.82 Å². The van der Waals surface area contributed by atoms with Crippen molar-refractivity contribution < 1.29 is 8.42 Å². The lowest BCUT2D eigenvalue weighted by atomic mass is 10.4. The zero-order chi connectivity index (χ0) is 13.9. The Bertz CT molecular complexity index is 657. The Balaban J connectivity index is 2.28. The Hall–Kier alpha value is -1.80. The third kappa shape index (κ3) is 3.15. The van der Waals surface area contributed by atoms with Gasteiger partial charge < -0.3 is 5.32 Å². The number of sulfonamides is 1. The van der Waals surface area contributed by atoms with Crippen LogP contribution in [0.1, 0.15) is 6.92 Å². The van der Waals surface area contributed by atoms with Crippen LogP contribution in [0.2, 0.25) is 5.02 Å². The van der Waals surface area contributed by atoms with E-state index in [1.807, 2.05) is 6.92 Å². The summed E-state index contributed by atoms with van der Waals surface area (Å²) in [6, 6.07) is 1.34. The number of H-pyrrole nitrogens is 1. The average molecular weight is 302 g/mol. The zero-order valence-corrected chi connectivity index (χ0v) is 11.6. The molecule has 0 saturated carbocycles. The molecule has 2 rings (SSSR count). The minimum Gasteiger partial charge on any atom is -0.369 e. The molecule has 102 valence electrons. The molecular weight excluding hydrogens is 290 g/mol. The number of aromatic nitrogens is 3. The Morgan fingerprint density at radius 3 is 2.79 bits per heavy atom. The molecule has 2 aromatic rings. The summed E-state index contributed by atoms with van der Waals surface area (Å²) < 4.78 is 26.5. The van der Waals surface area contributed by atoms with Gasteiger partial charge in [-0.15, -0.1) is 0 Å². The third-order valence-corrected chi connectivity index (χ3v) is 3.86. The van der Waals surface area contributed by atoms with E-state index >= 15 is 0 Å². The zero-order valence-electron chi connectivity index (χ0n) is 10.0. The van der Waals surface area contributed by atoms with Crippen molar-refractivity contribution in [1.29, 1.82) is 0 Å². The molecule has 0 amide bonds. The summed E-state index contributed by atoms with van der Waals surface area (Å²) in [6.07, 6.45) is 4.03. The van der Waals surface area contributed by atoms with Gasteiger partial charge in [-0.25, -0.2) is 13.4 Å². The van der Waals surface area contributed by atoms with Crippen molar-refractivity contribution in [1.82, 2.24) is 15.2 Å². The minimum atomic E-state index is -3.72.